The number of aromatic nitrogens is 2. The first kappa shape index (κ1) is 13.9. The molecule has 2 aromatic rings. The number of nitriles is 1. The number of hydrogen-bond donors (Lipinski definition) is 1. The van der Waals surface area contributed by atoms with Crippen LogP contribution in [0, 0.1) is 18.3 Å². The molecular formula is C13H10ClN3O3. The first-order valence-corrected chi connectivity index (χ1v) is 5.96. The Morgan fingerprint density at radius 3 is 2.85 bits per heavy atom. The molecule has 0 saturated heterocycles. The second kappa shape index (κ2) is 5.23. The van der Waals surface area contributed by atoms with Crippen LogP contribution in [0.25, 0.3) is 0 Å². The minimum atomic E-state index is -1.17. The Balaban J connectivity index is 2.51. The van der Waals surface area contributed by atoms with Crippen LogP contribution in [-0.2, 0) is 7.05 Å². The highest BCUT2D eigenvalue weighted by Gasteiger charge is 2.19. The third kappa shape index (κ3) is 2.44. The van der Waals surface area contributed by atoms with Gasteiger partial charge in [-0.3, -0.25) is 0 Å². The summed E-state index contributed by atoms with van der Waals surface area (Å²) in [6.07, 6.45) is 0. The highest BCUT2D eigenvalue weighted by molar-refractivity contribution is 6.31. The molecule has 0 bridgehead atoms. The van der Waals surface area contributed by atoms with Gasteiger partial charge in [0.05, 0.1) is 5.69 Å². The van der Waals surface area contributed by atoms with Gasteiger partial charge in [-0.1, -0.05) is 11.6 Å². The molecule has 0 amide bonds. The van der Waals surface area contributed by atoms with Crippen LogP contribution in [0.15, 0.2) is 18.2 Å². The van der Waals surface area contributed by atoms with Gasteiger partial charge < -0.3 is 9.84 Å². The van der Waals surface area contributed by atoms with Crippen molar-refractivity contribution in [2.24, 2.45) is 7.05 Å². The van der Waals surface area contributed by atoms with Crippen molar-refractivity contribution in [3.63, 3.8) is 0 Å². The van der Waals surface area contributed by atoms with Crippen molar-refractivity contribution < 1.29 is 14.6 Å². The van der Waals surface area contributed by atoms with E-state index in [2.05, 4.69) is 5.10 Å². The van der Waals surface area contributed by atoms with E-state index in [9.17, 15) is 4.79 Å². The van der Waals surface area contributed by atoms with Crippen LogP contribution in [0.3, 0.4) is 0 Å². The fourth-order valence-electron chi connectivity index (χ4n) is 1.75. The number of carboxylic acid groups (broad SMARTS) is 1. The number of hydrogen-bond acceptors (Lipinski definition) is 4. The number of aryl methyl sites for hydroxylation is 2. The molecule has 1 heterocycles. The number of carboxylic acids is 1. The van der Waals surface area contributed by atoms with Gasteiger partial charge in [-0.2, -0.15) is 10.4 Å². The largest absolute Gasteiger partial charge is 0.478 e. The number of carbonyl (C=O) groups is 1. The Labute approximate surface area is 119 Å². The molecule has 2 rings (SSSR count). The summed E-state index contributed by atoms with van der Waals surface area (Å²) in [6, 6.07) is 6.22. The number of aromatic carboxylic acids is 1. The van der Waals surface area contributed by atoms with Crippen LogP contribution in [0.5, 0.6) is 11.6 Å². The maximum Gasteiger partial charge on any atom is 0.339 e. The van der Waals surface area contributed by atoms with E-state index >= 15 is 0 Å². The SMILES string of the molecule is Cc1nn(C)c(Oc2ccc(Cl)cc2C(=O)O)c1C#N. The number of nitrogens with zero attached hydrogens (tertiary/aromatic N) is 3. The summed E-state index contributed by atoms with van der Waals surface area (Å²) in [4.78, 5) is 11.2. The van der Waals surface area contributed by atoms with Gasteiger partial charge in [0, 0.05) is 12.1 Å². The first-order valence-electron chi connectivity index (χ1n) is 5.58. The third-order valence-corrected chi connectivity index (χ3v) is 2.90. The van der Waals surface area contributed by atoms with E-state index in [1.165, 1.54) is 22.9 Å². The third-order valence-electron chi connectivity index (χ3n) is 2.66. The van der Waals surface area contributed by atoms with Crippen molar-refractivity contribution >= 4 is 17.6 Å². The van der Waals surface area contributed by atoms with Crippen molar-refractivity contribution in [2.75, 3.05) is 0 Å². The second-order valence-corrected chi connectivity index (χ2v) is 4.49. The molecule has 7 heteroatoms. The lowest BCUT2D eigenvalue weighted by Crippen LogP contribution is -2.02. The zero-order valence-corrected chi connectivity index (χ0v) is 11.5. The van der Waals surface area contributed by atoms with Gasteiger partial charge in [0.25, 0.3) is 0 Å². The van der Waals surface area contributed by atoms with Crippen LogP contribution in [0.1, 0.15) is 21.6 Å². The molecule has 0 aliphatic carbocycles. The number of benzene rings is 1. The molecule has 0 spiro atoms. The van der Waals surface area contributed by atoms with Crippen LogP contribution < -0.4 is 4.74 Å². The van der Waals surface area contributed by atoms with Crippen LogP contribution >= 0.6 is 11.6 Å². The number of ether oxygens (including phenoxy) is 1. The number of halogens is 1. The maximum absolute atomic E-state index is 11.2. The van der Waals surface area contributed by atoms with E-state index < -0.39 is 5.97 Å². The molecule has 0 unspecified atom stereocenters. The summed E-state index contributed by atoms with van der Waals surface area (Å²) in [6.45, 7) is 1.67. The standard InChI is InChI=1S/C13H10ClN3O3/c1-7-10(6-15)12(17(2)16-7)20-11-4-3-8(14)5-9(11)13(18)19/h3-5H,1-2H3,(H,18,19). The van der Waals surface area contributed by atoms with E-state index in [0.717, 1.165) is 0 Å². The van der Waals surface area contributed by atoms with Crippen LogP contribution in [0.2, 0.25) is 5.02 Å². The molecule has 6 nitrogen and oxygen atoms in total. The fraction of sp³-hybridized carbons (Fsp3) is 0.154. The monoisotopic (exact) mass is 291 g/mol. The van der Waals surface area contributed by atoms with Gasteiger partial charge in [0.1, 0.15) is 22.9 Å². The molecule has 0 fully saturated rings. The molecule has 1 aromatic carbocycles. The summed E-state index contributed by atoms with van der Waals surface area (Å²) in [5.74, 6) is -0.879. The quantitative estimate of drug-likeness (QED) is 0.939. The van der Waals surface area contributed by atoms with Gasteiger partial charge in [-0.25, -0.2) is 9.48 Å². The fourth-order valence-corrected chi connectivity index (χ4v) is 1.92. The van der Waals surface area contributed by atoms with Gasteiger partial charge in [0.2, 0.25) is 5.88 Å². The molecule has 1 N–H and O–H groups in total. The predicted octanol–water partition coefficient (Wildman–Crippen LogP) is 2.74. The van der Waals surface area contributed by atoms with Crippen LogP contribution in [-0.4, -0.2) is 20.9 Å². The average molecular weight is 292 g/mol. The van der Waals surface area contributed by atoms with Gasteiger partial charge in [0.15, 0.2) is 0 Å². The van der Waals surface area contributed by atoms with E-state index in [4.69, 9.17) is 26.7 Å². The summed E-state index contributed by atoms with van der Waals surface area (Å²) in [5.41, 5.74) is 0.690. The minimum absolute atomic E-state index is 0.0831. The summed E-state index contributed by atoms with van der Waals surface area (Å²) in [5, 5.41) is 22.6. The Morgan fingerprint density at radius 1 is 1.55 bits per heavy atom. The van der Waals surface area contributed by atoms with E-state index in [1.807, 2.05) is 6.07 Å². The minimum Gasteiger partial charge on any atom is -0.478 e. The lowest BCUT2D eigenvalue weighted by Gasteiger charge is -2.09. The Bertz CT molecular complexity index is 731. The lowest BCUT2D eigenvalue weighted by atomic mass is 10.2. The molecule has 102 valence electrons. The van der Waals surface area contributed by atoms with E-state index in [-0.39, 0.29) is 27.8 Å². The topological polar surface area (TPSA) is 88.1 Å². The smallest absolute Gasteiger partial charge is 0.339 e. The summed E-state index contributed by atoms with van der Waals surface area (Å²) in [7, 11) is 1.61. The normalized spacial score (nSPS) is 10.1. The highest BCUT2D eigenvalue weighted by Crippen LogP contribution is 2.30. The van der Waals surface area contributed by atoms with Crippen molar-refractivity contribution in [1.29, 1.82) is 5.26 Å². The maximum atomic E-state index is 11.2. The van der Waals surface area contributed by atoms with Gasteiger partial charge in [-0.15, -0.1) is 0 Å². The Hall–Kier alpha value is -2.52. The molecule has 0 saturated carbocycles. The second-order valence-electron chi connectivity index (χ2n) is 4.05. The zero-order chi connectivity index (χ0) is 14.9. The lowest BCUT2D eigenvalue weighted by molar-refractivity contribution is 0.0694. The van der Waals surface area contributed by atoms with Gasteiger partial charge in [-0.05, 0) is 25.1 Å². The molecule has 0 aliphatic heterocycles. The first-order chi connectivity index (χ1) is 9.43. The molecule has 1 aromatic heterocycles. The van der Waals surface area contributed by atoms with E-state index in [0.29, 0.717) is 5.69 Å². The molecule has 0 radical (unpaired) electrons. The van der Waals surface area contributed by atoms with Crippen molar-refractivity contribution in [2.45, 2.75) is 6.92 Å². The summed E-state index contributed by atoms with van der Waals surface area (Å²) < 4.78 is 6.92. The highest BCUT2D eigenvalue weighted by atomic mass is 35.5. The average Bonchev–Trinajstić information content (AvgIpc) is 2.65. The molecule has 20 heavy (non-hydrogen) atoms. The van der Waals surface area contributed by atoms with Crippen molar-refractivity contribution in [3.05, 3.63) is 40.0 Å². The molecule has 0 atom stereocenters. The number of rotatable bonds is 3. The Kier molecular flexibility index (Phi) is 3.63. The molecule has 0 aliphatic rings. The van der Waals surface area contributed by atoms with Gasteiger partial charge >= 0.3 is 5.97 Å². The van der Waals surface area contributed by atoms with Crippen molar-refractivity contribution in [1.82, 2.24) is 9.78 Å². The van der Waals surface area contributed by atoms with E-state index in [1.54, 1.807) is 14.0 Å². The zero-order valence-electron chi connectivity index (χ0n) is 10.7. The molecular weight excluding hydrogens is 282 g/mol. The Morgan fingerprint density at radius 2 is 2.25 bits per heavy atom. The van der Waals surface area contributed by atoms with Crippen molar-refractivity contribution in [3.8, 4) is 17.7 Å². The van der Waals surface area contributed by atoms with Crippen LogP contribution in [0.4, 0.5) is 0 Å². The predicted molar refractivity (Wildman–Crippen MR) is 71.1 cm³/mol. The summed E-state index contributed by atoms with van der Waals surface area (Å²) >= 11 is 5.77.